The molecule has 6 nitrogen and oxygen atoms in total. The quantitative estimate of drug-likeness (QED) is 0.355. The van der Waals surface area contributed by atoms with Gasteiger partial charge in [-0.25, -0.2) is 4.79 Å². The third kappa shape index (κ3) is 3.47. The fourth-order valence-corrected chi connectivity index (χ4v) is 10.5. The third-order valence-corrected chi connectivity index (χ3v) is 11.0. The number of aliphatic hydroxyl groups excluding tert-OH is 2. The van der Waals surface area contributed by atoms with Gasteiger partial charge in [-0.15, -0.1) is 22.7 Å². The second-order valence-corrected chi connectivity index (χ2v) is 13.2. The molecule has 0 bridgehead atoms. The van der Waals surface area contributed by atoms with E-state index in [2.05, 4.69) is 19.2 Å². The molecule has 0 aliphatic carbocycles. The van der Waals surface area contributed by atoms with E-state index in [1.807, 2.05) is 11.0 Å². The van der Waals surface area contributed by atoms with Gasteiger partial charge in [0.05, 0.1) is 18.2 Å². The van der Waals surface area contributed by atoms with E-state index in [-0.39, 0.29) is 18.8 Å². The number of carboxylic acids is 1. The molecule has 142 valence electrons. The van der Waals surface area contributed by atoms with Crippen molar-refractivity contribution in [2.24, 2.45) is 0 Å². The van der Waals surface area contributed by atoms with E-state index < -0.39 is 14.0 Å². The minimum absolute atomic E-state index is 0.0225. The van der Waals surface area contributed by atoms with Crippen molar-refractivity contribution in [3.05, 3.63) is 22.6 Å². The Bertz CT molecular complexity index is 949. The molecule has 3 N–H and O–H groups in total. The van der Waals surface area contributed by atoms with Crippen LogP contribution < -0.4 is 15.3 Å². The summed E-state index contributed by atoms with van der Waals surface area (Å²) >= 11 is 3.16. The first-order chi connectivity index (χ1) is 12.8. The van der Waals surface area contributed by atoms with Crippen LogP contribution in [0.3, 0.4) is 0 Å². The highest BCUT2D eigenvalue weighted by Crippen LogP contribution is 2.42. The number of aliphatic hydroxyl groups is 2. The zero-order valence-corrected chi connectivity index (χ0v) is 17.7. The lowest BCUT2D eigenvalue weighted by Gasteiger charge is -2.21. The predicted molar refractivity (Wildman–Crippen MR) is 112 cm³/mol. The molecule has 0 atom stereocenters. The van der Waals surface area contributed by atoms with Crippen molar-refractivity contribution in [1.29, 1.82) is 5.26 Å². The summed E-state index contributed by atoms with van der Waals surface area (Å²) in [6.45, 7) is 5.51. The third-order valence-electron chi connectivity index (χ3n) is 4.71. The Morgan fingerprint density at radius 3 is 2.33 bits per heavy atom. The fourth-order valence-electron chi connectivity index (χ4n) is 3.28. The minimum Gasteiger partial charge on any atom is -0.477 e. The van der Waals surface area contributed by atoms with Crippen molar-refractivity contribution in [2.75, 3.05) is 31.2 Å². The van der Waals surface area contributed by atoms with Crippen molar-refractivity contribution < 1.29 is 20.1 Å². The van der Waals surface area contributed by atoms with Gasteiger partial charge in [0.1, 0.15) is 19.7 Å². The molecule has 2 aromatic rings. The number of carboxylic acid groups (broad SMARTS) is 1. The topological polar surface area (TPSA) is 105 Å². The molecular weight excluding hydrogens is 400 g/mol. The number of hydrogen-bond donors (Lipinski definition) is 3. The van der Waals surface area contributed by atoms with Gasteiger partial charge >= 0.3 is 5.97 Å². The molecule has 27 heavy (non-hydrogen) atoms. The normalized spacial score (nSPS) is 14.6. The molecule has 1 aliphatic heterocycles. The van der Waals surface area contributed by atoms with E-state index in [1.165, 1.54) is 32.7 Å². The number of thiophene rings is 2. The number of anilines is 1. The Morgan fingerprint density at radius 1 is 1.19 bits per heavy atom. The van der Waals surface area contributed by atoms with Crippen LogP contribution in [0, 0.1) is 11.3 Å². The van der Waals surface area contributed by atoms with E-state index in [4.69, 9.17) is 10.4 Å². The van der Waals surface area contributed by atoms with Crippen LogP contribution in [0.2, 0.25) is 13.1 Å². The summed E-state index contributed by atoms with van der Waals surface area (Å²) < 4.78 is 0. The van der Waals surface area contributed by atoms with Crippen LogP contribution >= 0.6 is 22.7 Å². The zero-order valence-electron chi connectivity index (χ0n) is 15.0. The maximum atomic E-state index is 11.1. The molecule has 2 aromatic heterocycles. The number of aliphatic carboxylic acids is 1. The van der Waals surface area contributed by atoms with E-state index in [1.54, 1.807) is 17.4 Å². The SMILES string of the molecule is C[Si]1(C)c2cc(/C=C(\C#N)C(=O)O)sc2-c2sc(N(CCO)CCO)cc21. The standard InChI is InChI=1S/C18H20N2O4S2Si/c1-27(2)13-8-12(7-11(10-19)18(23)24)25-16(13)17-14(27)9-15(26-17)20(3-5-21)4-6-22/h7-9,21-22H,3-6H2,1-2H3,(H,23,24)/b11-7+. The van der Waals surface area contributed by atoms with Crippen LogP contribution in [-0.4, -0.2) is 55.7 Å². The summed E-state index contributed by atoms with van der Waals surface area (Å²) in [5.74, 6) is -1.22. The fraction of sp³-hybridized carbons (Fsp3) is 0.333. The lowest BCUT2D eigenvalue weighted by atomic mass is 10.2. The highest BCUT2D eigenvalue weighted by Gasteiger charge is 2.41. The van der Waals surface area contributed by atoms with Gasteiger partial charge in [-0.05, 0) is 28.6 Å². The van der Waals surface area contributed by atoms with Crippen LogP contribution in [0.25, 0.3) is 15.8 Å². The first-order valence-electron chi connectivity index (χ1n) is 8.44. The van der Waals surface area contributed by atoms with Gasteiger partial charge in [-0.1, -0.05) is 13.1 Å². The second kappa shape index (κ2) is 7.57. The Balaban J connectivity index is 2.05. The van der Waals surface area contributed by atoms with E-state index >= 15 is 0 Å². The van der Waals surface area contributed by atoms with E-state index in [9.17, 15) is 15.0 Å². The van der Waals surface area contributed by atoms with Gasteiger partial charge in [0.2, 0.25) is 0 Å². The van der Waals surface area contributed by atoms with E-state index in [0.29, 0.717) is 13.1 Å². The molecule has 0 radical (unpaired) electrons. The predicted octanol–water partition coefficient (Wildman–Crippen LogP) is 1.40. The number of carbonyl (C=O) groups is 1. The summed E-state index contributed by atoms with van der Waals surface area (Å²) in [4.78, 5) is 16.2. The number of rotatable bonds is 7. The molecule has 0 saturated heterocycles. The Morgan fingerprint density at radius 2 is 1.78 bits per heavy atom. The summed E-state index contributed by atoms with van der Waals surface area (Å²) in [5, 5.41) is 40.3. The van der Waals surface area contributed by atoms with E-state index in [0.717, 1.165) is 14.8 Å². The Kier molecular flexibility index (Phi) is 5.55. The van der Waals surface area contributed by atoms with Gasteiger partial charge in [-0.2, -0.15) is 5.26 Å². The minimum atomic E-state index is -1.91. The van der Waals surface area contributed by atoms with Crippen LogP contribution in [0.15, 0.2) is 17.7 Å². The number of hydrogen-bond acceptors (Lipinski definition) is 7. The molecule has 0 amide bonds. The molecule has 0 spiro atoms. The van der Waals surface area contributed by atoms with Gasteiger partial charge in [0, 0.05) is 27.7 Å². The van der Waals surface area contributed by atoms with Crippen molar-refractivity contribution >= 4 is 58.2 Å². The molecule has 0 fully saturated rings. The van der Waals surface area contributed by atoms with Crippen molar-refractivity contribution in [1.82, 2.24) is 0 Å². The molecule has 3 heterocycles. The van der Waals surface area contributed by atoms with Crippen molar-refractivity contribution in [2.45, 2.75) is 13.1 Å². The highest BCUT2D eigenvalue weighted by molar-refractivity contribution is 7.30. The van der Waals surface area contributed by atoms with Gasteiger partial charge in [0.25, 0.3) is 0 Å². The lowest BCUT2D eigenvalue weighted by Crippen LogP contribution is -2.48. The van der Waals surface area contributed by atoms with Crippen molar-refractivity contribution in [3.8, 4) is 15.8 Å². The largest absolute Gasteiger partial charge is 0.477 e. The van der Waals surface area contributed by atoms with Gasteiger partial charge < -0.3 is 20.2 Å². The summed E-state index contributed by atoms with van der Waals surface area (Å²) in [5.41, 5.74) is -0.265. The van der Waals surface area contributed by atoms with Crippen LogP contribution in [0.4, 0.5) is 5.00 Å². The smallest absolute Gasteiger partial charge is 0.346 e. The Hall–Kier alpha value is -1.96. The Labute approximate surface area is 166 Å². The second-order valence-electron chi connectivity index (χ2n) is 6.75. The zero-order chi connectivity index (χ0) is 19.8. The molecule has 1 aliphatic rings. The number of nitrogens with zero attached hydrogens (tertiary/aromatic N) is 2. The van der Waals surface area contributed by atoms with Crippen LogP contribution in [-0.2, 0) is 4.79 Å². The van der Waals surface area contributed by atoms with Crippen molar-refractivity contribution in [3.63, 3.8) is 0 Å². The average molecular weight is 421 g/mol. The lowest BCUT2D eigenvalue weighted by molar-refractivity contribution is -0.132. The molecular formula is C18H20N2O4S2Si. The van der Waals surface area contributed by atoms with Crippen LogP contribution in [0.5, 0.6) is 0 Å². The average Bonchev–Trinajstić information content (AvgIpc) is 3.27. The summed E-state index contributed by atoms with van der Waals surface area (Å²) in [6, 6.07) is 5.93. The molecule has 0 saturated carbocycles. The number of nitriles is 1. The number of fused-ring (bicyclic) bond motifs is 3. The van der Waals surface area contributed by atoms with Gasteiger partial charge in [0.15, 0.2) is 0 Å². The first-order valence-corrected chi connectivity index (χ1v) is 13.1. The molecule has 9 heteroatoms. The molecule has 3 rings (SSSR count). The van der Waals surface area contributed by atoms with Crippen LogP contribution in [0.1, 0.15) is 4.88 Å². The summed E-state index contributed by atoms with van der Waals surface area (Å²) in [6.07, 6.45) is 1.44. The van der Waals surface area contributed by atoms with Gasteiger partial charge in [-0.3, -0.25) is 0 Å². The first kappa shape index (κ1) is 19.8. The monoisotopic (exact) mass is 420 g/mol. The summed E-state index contributed by atoms with van der Waals surface area (Å²) in [7, 11) is -1.91. The maximum Gasteiger partial charge on any atom is 0.346 e. The molecule has 0 unspecified atom stereocenters. The highest BCUT2D eigenvalue weighted by atomic mass is 32.1. The molecule has 0 aromatic carbocycles. The maximum absolute atomic E-state index is 11.1.